The lowest BCUT2D eigenvalue weighted by Gasteiger charge is -2.28. The highest BCUT2D eigenvalue weighted by Crippen LogP contribution is 2.12. The Labute approximate surface area is 268 Å². The third-order valence-electron chi connectivity index (χ3n) is 6.62. The Morgan fingerprint density at radius 2 is 1.46 bits per heavy atom. The van der Waals surface area contributed by atoms with Crippen LogP contribution in [-0.2, 0) is 45.2 Å². The Bertz CT molecular complexity index is 1400. The fourth-order valence-electron chi connectivity index (χ4n) is 3.93. The van der Waals surface area contributed by atoms with Gasteiger partial charge in [0.25, 0.3) is 0 Å². The van der Waals surface area contributed by atoms with Gasteiger partial charge in [0.1, 0.15) is 30.8 Å². The maximum Gasteiger partial charge on any atom is 0.408 e. The van der Waals surface area contributed by atoms with Crippen LogP contribution in [0.15, 0.2) is 30.3 Å². The van der Waals surface area contributed by atoms with Gasteiger partial charge in [-0.15, -0.1) is 0 Å². The Morgan fingerprint density at radius 3 is 1.98 bits per heavy atom. The van der Waals surface area contributed by atoms with Crippen LogP contribution in [0.4, 0.5) is 4.79 Å². The molecular formula is C30H42N4O11S. The van der Waals surface area contributed by atoms with Crippen LogP contribution in [-0.4, -0.2) is 84.8 Å². The number of hydrogen-bond acceptors (Lipinski definition) is 9. The highest BCUT2D eigenvalue weighted by Gasteiger charge is 2.33. The zero-order valence-electron chi connectivity index (χ0n) is 26.4. The minimum Gasteiger partial charge on any atom is -0.481 e. The van der Waals surface area contributed by atoms with Gasteiger partial charge >= 0.3 is 18.0 Å². The fraction of sp³-hybridized carbons (Fsp3) is 0.533. The summed E-state index contributed by atoms with van der Waals surface area (Å²) in [4.78, 5) is 74.9. The van der Waals surface area contributed by atoms with E-state index in [-0.39, 0.29) is 13.0 Å². The number of carbonyl (C=O) groups is 6. The monoisotopic (exact) mass is 666 g/mol. The zero-order chi connectivity index (χ0) is 35.0. The van der Waals surface area contributed by atoms with Crippen molar-refractivity contribution in [2.24, 2.45) is 11.8 Å². The van der Waals surface area contributed by atoms with E-state index in [0.717, 1.165) is 6.26 Å². The number of benzene rings is 1. The van der Waals surface area contributed by atoms with Gasteiger partial charge in [0.05, 0.1) is 12.7 Å². The minimum atomic E-state index is -3.82. The van der Waals surface area contributed by atoms with E-state index < -0.39 is 94.4 Å². The topological polar surface area (TPSA) is 234 Å². The summed E-state index contributed by atoms with van der Waals surface area (Å²) < 4.78 is 28.1. The van der Waals surface area contributed by atoms with Crippen LogP contribution in [0.2, 0.25) is 0 Å². The largest absolute Gasteiger partial charge is 0.481 e. The summed E-state index contributed by atoms with van der Waals surface area (Å²) in [5.41, 5.74) is 0.713. The maximum absolute atomic E-state index is 13.4. The van der Waals surface area contributed by atoms with Gasteiger partial charge in [0, 0.05) is 11.7 Å². The van der Waals surface area contributed by atoms with Gasteiger partial charge in [-0.2, -0.15) is 0 Å². The van der Waals surface area contributed by atoms with E-state index in [2.05, 4.69) is 27.2 Å². The molecule has 0 heterocycles. The molecule has 4 amide bonds. The van der Waals surface area contributed by atoms with Gasteiger partial charge in [-0.1, -0.05) is 70.4 Å². The van der Waals surface area contributed by atoms with E-state index in [1.165, 1.54) is 0 Å². The summed E-state index contributed by atoms with van der Waals surface area (Å²) in [5.74, 6) is -4.05. The second kappa shape index (κ2) is 19.0. The van der Waals surface area contributed by atoms with Crippen LogP contribution in [0.5, 0.6) is 0 Å². The van der Waals surface area contributed by atoms with Gasteiger partial charge in [-0.05, 0) is 23.8 Å². The summed E-state index contributed by atoms with van der Waals surface area (Å²) in [6.07, 6.45) is -1.36. The molecule has 0 spiro atoms. The molecule has 1 aromatic rings. The molecule has 6 N–H and O–H groups in total. The number of sulfone groups is 1. The van der Waals surface area contributed by atoms with E-state index in [0.29, 0.717) is 12.0 Å². The second-order valence-corrected chi connectivity index (χ2v) is 12.7. The van der Waals surface area contributed by atoms with Gasteiger partial charge < -0.3 is 36.2 Å². The Balaban J connectivity index is 3.15. The lowest BCUT2D eigenvalue weighted by Crippen LogP contribution is -2.59. The molecule has 0 saturated carbocycles. The first kappa shape index (κ1) is 39.4. The average molecular weight is 667 g/mol. The number of nitrogens with one attached hydrogen (secondary N) is 4. The van der Waals surface area contributed by atoms with Crippen molar-refractivity contribution >= 4 is 45.6 Å². The van der Waals surface area contributed by atoms with Gasteiger partial charge in [-0.3, -0.25) is 24.0 Å². The summed E-state index contributed by atoms with van der Waals surface area (Å²) in [6.45, 7) is 6.54. The van der Waals surface area contributed by atoms with E-state index in [4.69, 9.17) is 4.74 Å². The van der Waals surface area contributed by atoms with Crippen LogP contribution >= 0.6 is 0 Å². The van der Waals surface area contributed by atoms with Gasteiger partial charge in [0.15, 0.2) is 0 Å². The van der Waals surface area contributed by atoms with Crippen molar-refractivity contribution in [1.82, 2.24) is 21.3 Å². The molecule has 15 nitrogen and oxygen atoms in total. The molecule has 0 aromatic heterocycles. The van der Waals surface area contributed by atoms with Crippen molar-refractivity contribution in [3.8, 4) is 11.2 Å². The van der Waals surface area contributed by atoms with Crippen LogP contribution in [0.3, 0.4) is 0 Å². The molecule has 5 atom stereocenters. The van der Waals surface area contributed by atoms with Crippen LogP contribution < -0.4 is 21.3 Å². The molecule has 1 unspecified atom stereocenters. The first-order valence-electron chi connectivity index (χ1n) is 14.5. The number of carbonyl (C=O) groups excluding carboxylic acids is 4. The highest BCUT2D eigenvalue weighted by atomic mass is 32.2. The summed E-state index contributed by atoms with van der Waals surface area (Å²) >= 11 is 0. The number of amides is 4. The van der Waals surface area contributed by atoms with Gasteiger partial charge in [-0.25, -0.2) is 13.2 Å². The van der Waals surface area contributed by atoms with E-state index >= 15 is 0 Å². The fourth-order valence-corrected chi connectivity index (χ4v) is 4.29. The number of rotatable bonds is 17. The van der Waals surface area contributed by atoms with Crippen molar-refractivity contribution in [3.05, 3.63) is 35.9 Å². The Hall–Kier alpha value is -4.65. The highest BCUT2D eigenvalue weighted by molar-refractivity contribution is 7.95. The molecule has 16 heteroatoms. The van der Waals surface area contributed by atoms with Crippen molar-refractivity contribution in [2.75, 3.05) is 6.26 Å². The van der Waals surface area contributed by atoms with E-state index in [9.17, 15) is 47.4 Å². The summed E-state index contributed by atoms with van der Waals surface area (Å²) in [5, 5.41) is 30.0. The third-order valence-corrected chi connectivity index (χ3v) is 7.11. The van der Waals surface area contributed by atoms with Crippen LogP contribution in [0.1, 0.15) is 58.9 Å². The summed E-state index contributed by atoms with van der Waals surface area (Å²) in [6, 6.07) is 3.47. The Morgan fingerprint density at radius 1 is 0.848 bits per heavy atom. The standard InChI is InChI=1S/C30H42N4O11S/c1-6-19(4)26(29(41)31-21(16-24(37)38)14-15-46(5,43)44)33-27(39)22(12-13-23(35)36)32-28(40)25(18(2)3)34-30(42)45-17-20-10-8-7-9-11-20/h7-11,18-19,21-22,25-26H,6,12-13,16-17H2,1-5H3,(H,31,41)(H,32,40)(H,33,39)(H,34,42)(H,35,36)(H,37,38)/t19?,21-,22+,25+,26+/m1/s1. The number of hydrogen-bond donors (Lipinski definition) is 6. The molecule has 0 radical (unpaired) electrons. The smallest absolute Gasteiger partial charge is 0.408 e. The lowest BCUT2D eigenvalue weighted by atomic mass is 9.96. The minimum absolute atomic E-state index is 0.0605. The molecule has 0 aliphatic rings. The molecule has 0 bridgehead atoms. The van der Waals surface area contributed by atoms with Gasteiger partial charge in [0.2, 0.25) is 27.6 Å². The zero-order valence-corrected chi connectivity index (χ0v) is 27.2. The van der Waals surface area contributed by atoms with Crippen molar-refractivity contribution in [2.45, 2.75) is 84.2 Å². The number of aliphatic carboxylic acids is 2. The molecular weight excluding hydrogens is 624 g/mol. The predicted octanol–water partition coefficient (Wildman–Crippen LogP) is 0.783. The normalized spacial score (nSPS) is 14.2. The number of ether oxygens (including phenoxy) is 1. The molecule has 0 aliphatic carbocycles. The van der Waals surface area contributed by atoms with Crippen LogP contribution in [0.25, 0.3) is 0 Å². The maximum atomic E-state index is 13.4. The number of carboxylic acid groups (broad SMARTS) is 2. The molecule has 46 heavy (non-hydrogen) atoms. The van der Waals surface area contributed by atoms with E-state index in [1.54, 1.807) is 58.0 Å². The number of alkyl carbamates (subject to hydrolysis) is 1. The van der Waals surface area contributed by atoms with E-state index in [1.807, 2.05) is 5.25 Å². The van der Waals surface area contributed by atoms with Crippen molar-refractivity contribution < 1.29 is 52.1 Å². The molecule has 254 valence electrons. The van der Waals surface area contributed by atoms with Crippen molar-refractivity contribution in [1.29, 1.82) is 0 Å². The second-order valence-electron chi connectivity index (χ2n) is 11.0. The SMILES string of the molecule is CCC(C)[C@H](NC(=O)[C@H](CCC(=O)O)NC(=O)[C@@H](NC(=O)OCc1ccccc1)C(C)C)C(=O)N[C@H](C#CS(C)(=O)=O)CC(=O)O. The summed E-state index contributed by atoms with van der Waals surface area (Å²) in [7, 11) is -3.82. The molecule has 0 aliphatic heterocycles. The first-order valence-corrected chi connectivity index (χ1v) is 16.4. The third kappa shape index (κ3) is 15.4. The van der Waals surface area contributed by atoms with Crippen LogP contribution in [0, 0.1) is 23.0 Å². The number of carboxylic acids is 2. The Kier molecular flexibility index (Phi) is 16.3. The van der Waals surface area contributed by atoms with Crippen molar-refractivity contribution in [3.63, 3.8) is 0 Å². The molecule has 1 aromatic carbocycles. The molecule has 0 fully saturated rings. The predicted molar refractivity (Wildman–Crippen MR) is 165 cm³/mol. The first-order chi connectivity index (χ1) is 21.4. The quantitative estimate of drug-likeness (QED) is 0.100. The molecule has 1 rings (SSSR count). The average Bonchev–Trinajstić information content (AvgIpc) is 2.97. The lowest BCUT2D eigenvalue weighted by molar-refractivity contribution is -0.139. The molecule has 0 saturated heterocycles.